The minimum atomic E-state index is -1.83. The van der Waals surface area contributed by atoms with Gasteiger partial charge in [-0.05, 0) is 0 Å². The molecular formula is C32H56N2O23. The van der Waals surface area contributed by atoms with Crippen LogP contribution in [0.3, 0.4) is 0 Å². The molecule has 25 heteroatoms. The first-order valence-electron chi connectivity index (χ1n) is 18.2. The molecule has 332 valence electrons. The molecule has 0 aromatic rings. The van der Waals surface area contributed by atoms with Crippen molar-refractivity contribution in [3.63, 3.8) is 0 Å². The summed E-state index contributed by atoms with van der Waals surface area (Å²) in [5, 5.41) is 128. The Morgan fingerprint density at radius 3 is 1.11 bits per heavy atom. The summed E-state index contributed by atoms with van der Waals surface area (Å²) < 4.78 is 50.4. The standard InChI is InChI=1S/C32H56N2O23/c1-11(39)33-17-21(43)27(56-31-25(47)23(45)19(41)13(7-35)52-31)15(9-37)54-29(17)50-5-3-49-4-6-51-30-18(34-12(2)40)22(44)28(16(10-38)55-30)57-32-26(48)24(46)20(42)14(8-36)53-32/h13-32,35-38,41-48H,3-10H2,1-2H3,(H,33,39)(H,34,40)/t13-,14-,15-,16-,17-,18-,19+,20+,21-,22-,23+,24+,25-,26-,27-,28-,29-,30+,31+,32+/m1/s1. The number of carbonyl (C=O) groups excluding carboxylic acids is 2. The molecule has 14 N–H and O–H groups in total. The van der Waals surface area contributed by atoms with Crippen LogP contribution in [0.5, 0.6) is 0 Å². The normalized spacial score (nSPS) is 44.0. The highest BCUT2D eigenvalue weighted by Gasteiger charge is 2.53. The Bertz CT molecular complexity index is 1150. The first kappa shape index (κ1) is 47.8. The van der Waals surface area contributed by atoms with Crippen LogP contribution in [-0.2, 0) is 52.2 Å². The first-order valence-corrected chi connectivity index (χ1v) is 18.2. The second-order valence-electron chi connectivity index (χ2n) is 13.8. The maximum atomic E-state index is 12.0. The fraction of sp³-hybridized carbons (Fsp3) is 0.938. The van der Waals surface area contributed by atoms with Gasteiger partial charge in [0.1, 0.15) is 97.5 Å². The van der Waals surface area contributed by atoms with E-state index in [-0.39, 0.29) is 26.4 Å². The van der Waals surface area contributed by atoms with Gasteiger partial charge in [-0.2, -0.15) is 0 Å². The monoisotopic (exact) mass is 836 g/mol. The van der Waals surface area contributed by atoms with E-state index in [1.54, 1.807) is 0 Å². The molecule has 4 rings (SSSR count). The lowest BCUT2D eigenvalue weighted by Gasteiger charge is -2.47. The van der Waals surface area contributed by atoms with Gasteiger partial charge >= 0.3 is 0 Å². The zero-order chi connectivity index (χ0) is 42.1. The van der Waals surface area contributed by atoms with Gasteiger partial charge in [0.15, 0.2) is 25.2 Å². The van der Waals surface area contributed by atoms with Crippen LogP contribution < -0.4 is 10.6 Å². The molecule has 0 bridgehead atoms. The molecule has 0 spiro atoms. The highest BCUT2D eigenvalue weighted by molar-refractivity contribution is 5.73. The lowest BCUT2D eigenvalue weighted by atomic mass is 9.95. The SMILES string of the molecule is CC(=O)N[C@H]1[C@H](OCCOCCO[C@H]2O[C@H](CO)[C@@H](O[C@@H]3O[C@H](CO)[C@H](O)[C@H](O)[C@H]3O)[C@H](O)[C@H]2NC(C)=O)O[C@H](CO)[C@@H](O[C@@H]2O[C@H](CO)[C@H](O)[C@H](O)[C@H]2O)[C@@H]1O. The van der Waals surface area contributed by atoms with Crippen LogP contribution in [0.1, 0.15) is 13.8 Å². The molecule has 0 saturated carbocycles. The molecule has 2 amide bonds. The van der Waals surface area contributed by atoms with Crippen LogP contribution in [0, 0.1) is 0 Å². The van der Waals surface area contributed by atoms with Gasteiger partial charge < -0.3 is 115 Å². The van der Waals surface area contributed by atoms with Crippen LogP contribution in [0.2, 0.25) is 0 Å². The summed E-state index contributed by atoms with van der Waals surface area (Å²) in [6.07, 6.45) is -28.3. The van der Waals surface area contributed by atoms with Gasteiger partial charge in [-0.25, -0.2) is 0 Å². The number of amides is 2. The number of aliphatic hydroxyl groups is 12. The fourth-order valence-electron chi connectivity index (χ4n) is 6.75. The molecule has 0 radical (unpaired) electrons. The summed E-state index contributed by atoms with van der Waals surface area (Å²) in [7, 11) is 0. The van der Waals surface area contributed by atoms with Crippen molar-refractivity contribution in [2.45, 2.75) is 137 Å². The van der Waals surface area contributed by atoms with E-state index in [2.05, 4.69) is 10.6 Å². The molecule has 4 heterocycles. The molecule has 25 nitrogen and oxygen atoms in total. The van der Waals surface area contributed by atoms with Crippen molar-refractivity contribution in [1.82, 2.24) is 10.6 Å². The predicted molar refractivity (Wildman–Crippen MR) is 179 cm³/mol. The number of aliphatic hydroxyl groups excluding tert-OH is 12. The average molecular weight is 837 g/mol. The molecule has 4 aliphatic rings. The van der Waals surface area contributed by atoms with E-state index in [1.807, 2.05) is 0 Å². The topological polar surface area (TPSA) is 384 Å². The third kappa shape index (κ3) is 11.7. The third-order valence-electron chi connectivity index (χ3n) is 9.74. The zero-order valence-electron chi connectivity index (χ0n) is 31.1. The Morgan fingerprint density at radius 1 is 0.456 bits per heavy atom. The van der Waals surface area contributed by atoms with Crippen LogP contribution in [0.25, 0.3) is 0 Å². The van der Waals surface area contributed by atoms with Crippen LogP contribution in [0.4, 0.5) is 0 Å². The molecule has 0 aliphatic carbocycles. The highest BCUT2D eigenvalue weighted by Crippen LogP contribution is 2.31. The van der Waals surface area contributed by atoms with E-state index in [1.165, 1.54) is 0 Å². The lowest BCUT2D eigenvalue weighted by molar-refractivity contribution is -0.349. The van der Waals surface area contributed by atoms with E-state index in [4.69, 9.17) is 42.6 Å². The predicted octanol–water partition coefficient (Wildman–Crippen LogP) is -9.43. The summed E-state index contributed by atoms with van der Waals surface area (Å²) in [6.45, 7) is -1.37. The first-order chi connectivity index (χ1) is 27.1. The van der Waals surface area contributed by atoms with Crippen molar-refractivity contribution in [2.24, 2.45) is 0 Å². The molecule has 4 fully saturated rings. The quantitative estimate of drug-likeness (QED) is 0.0570. The molecule has 0 aromatic heterocycles. The number of carbonyl (C=O) groups is 2. The molecular weight excluding hydrogens is 780 g/mol. The molecule has 57 heavy (non-hydrogen) atoms. The van der Waals surface area contributed by atoms with E-state index >= 15 is 0 Å². The summed E-state index contributed by atoms with van der Waals surface area (Å²) in [5.41, 5.74) is 0. The van der Waals surface area contributed by atoms with Gasteiger partial charge in [0.25, 0.3) is 0 Å². The Kier molecular flexibility index (Phi) is 18.5. The summed E-state index contributed by atoms with van der Waals surface area (Å²) in [5.74, 6) is -1.22. The fourth-order valence-corrected chi connectivity index (χ4v) is 6.75. The molecule has 4 aliphatic heterocycles. The Hall–Kier alpha value is -1.90. The van der Waals surface area contributed by atoms with Crippen molar-refractivity contribution >= 4 is 11.8 Å². The van der Waals surface area contributed by atoms with Gasteiger partial charge in [-0.3, -0.25) is 9.59 Å². The van der Waals surface area contributed by atoms with E-state index in [0.29, 0.717) is 0 Å². The minimum absolute atomic E-state index is 0.127. The second kappa shape index (κ2) is 22.1. The Balaban J connectivity index is 1.29. The van der Waals surface area contributed by atoms with E-state index in [0.717, 1.165) is 13.8 Å². The van der Waals surface area contributed by atoms with Gasteiger partial charge in [0.2, 0.25) is 11.8 Å². The maximum Gasteiger partial charge on any atom is 0.217 e. The van der Waals surface area contributed by atoms with Gasteiger partial charge in [0.05, 0.1) is 52.9 Å². The molecule has 0 unspecified atom stereocenters. The van der Waals surface area contributed by atoms with Gasteiger partial charge in [0, 0.05) is 13.8 Å². The van der Waals surface area contributed by atoms with E-state index < -0.39 is 161 Å². The van der Waals surface area contributed by atoms with Crippen molar-refractivity contribution < 1.29 is 113 Å². The average Bonchev–Trinajstić information content (AvgIpc) is 3.18. The van der Waals surface area contributed by atoms with Crippen LogP contribution in [-0.4, -0.2) is 249 Å². The van der Waals surface area contributed by atoms with Gasteiger partial charge in [-0.1, -0.05) is 0 Å². The Morgan fingerprint density at radius 2 is 0.789 bits per heavy atom. The molecule has 4 saturated heterocycles. The smallest absolute Gasteiger partial charge is 0.217 e. The highest BCUT2D eigenvalue weighted by atomic mass is 16.8. The summed E-state index contributed by atoms with van der Waals surface area (Å²) in [6, 6.07) is -2.62. The van der Waals surface area contributed by atoms with Crippen molar-refractivity contribution in [1.29, 1.82) is 0 Å². The number of ether oxygens (including phenoxy) is 9. The largest absolute Gasteiger partial charge is 0.394 e. The molecule has 20 atom stereocenters. The minimum Gasteiger partial charge on any atom is -0.394 e. The number of hydrogen-bond donors (Lipinski definition) is 14. The third-order valence-corrected chi connectivity index (χ3v) is 9.74. The second-order valence-corrected chi connectivity index (χ2v) is 13.8. The van der Waals surface area contributed by atoms with Crippen molar-refractivity contribution in [3.8, 4) is 0 Å². The summed E-state index contributed by atoms with van der Waals surface area (Å²) in [4.78, 5) is 24.0. The van der Waals surface area contributed by atoms with Crippen LogP contribution >= 0.6 is 0 Å². The van der Waals surface area contributed by atoms with Crippen LogP contribution in [0.15, 0.2) is 0 Å². The maximum absolute atomic E-state index is 12.0. The molecule has 0 aromatic carbocycles. The summed E-state index contributed by atoms with van der Waals surface area (Å²) >= 11 is 0. The Labute approximate surface area is 325 Å². The van der Waals surface area contributed by atoms with E-state index in [9.17, 15) is 70.9 Å². The number of rotatable bonds is 18. The van der Waals surface area contributed by atoms with Crippen molar-refractivity contribution in [3.05, 3.63) is 0 Å². The number of hydrogen-bond acceptors (Lipinski definition) is 23. The zero-order valence-corrected chi connectivity index (χ0v) is 31.1. The van der Waals surface area contributed by atoms with Gasteiger partial charge in [-0.15, -0.1) is 0 Å². The lowest BCUT2D eigenvalue weighted by Crippen LogP contribution is -2.67. The number of nitrogens with one attached hydrogen (secondary N) is 2. The van der Waals surface area contributed by atoms with Crippen molar-refractivity contribution in [2.75, 3.05) is 52.9 Å².